The van der Waals surface area contributed by atoms with Gasteiger partial charge in [0.05, 0.1) is 0 Å². The summed E-state index contributed by atoms with van der Waals surface area (Å²) in [5.74, 6) is 0.936. The van der Waals surface area contributed by atoms with Crippen LogP contribution >= 0.6 is 0 Å². The topological polar surface area (TPSA) is 20.3 Å². The van der Waals surface area contributed by atoms with Crippen molar-refractivity contribution in [1.29, 1.82) is 0 Å². The molecule has 0 aromatic rings. The van der Waals surface area contributed by atoms with E-state index < -0.39 is 0 Å². The van der Waals surface area contributed by atoms with Crippen molar-refractivity contribution >= 4 is 5.78 Å². The van der Waals surface area contributed by atoms with Gasteiger partial charge in [-0.1, -0.05) is 20.8 Å². The molecule has 1 heterocycles. The van der Waals surface area contributed by atoms with Crippen LogP contribution in [0.3, 0.4) is 0 Å². The van der Waals surface area contributed by atoms with Crippen LogP contribution in [-0.2, 0) is 4.79 Å². The van der Waals surface area contributed by atoms with E-state index in [1.165, 1.54) is 25.7 Å². The molecule has 0 unspecified atom stereocenters. The molecule has 0 spiro atoms. The Morgan fingerprint density at radius 1 is 1.17 bits per heavy atom. The van der Waals surface area contributed by atoms with E-state index in [-0.39, 0.29) is 10.8 Å². The van der Waals surface area contributed by atoms with Gasteiger partial charge < -0.3 is 4.90 Å². The Morgan fingerprint density at radius 2 is 1.83 bits per heavy atom. The predicted octanol–water partition coefficient (Wildman–Crippen LogP) is 3.38. The van der Waals surface area contributed by atoms with Crippen molar-refractivity contribution in [3.8, 4) is 0 Å². The fraction of sp³-hybridized carbons (Fsp3) is 0.812. The zero-order valence-electron chi connectivity index (χ0n) is 12.0. The molecule has 0 radical (unpaired) electrons. The molecule has 2 saturated carbocycles. The van der Waals surface area contributed by atoms with E-state index in [2.05, 4.69) is 31.9 Å². The maximum absolute atomic E-state index is 12.7. The second-order valence-corrected chi connectivity index (χ2v) is 7.16. The van der Waals surface area contributed by atoms with Gasteiger partial charge in [-0.3, -0.25) is 4.79 Å². The van der Waals surface area contributed by atoms with Crippen LogP contribution in [0.15, 0.2) is 11.8 Å². The van der Waals surface area contributed by atoms with Crippen molar-refractivity contribution in [3.05, 3.63) is 11.8 Å². The molecule has 1 saturated heterocycles. The highest BCUT2D eigenvalue weighted by Gasteiger charge is 2.64. The first kappa shape index (κ1) is 12.3. The molecule has 0 amide bonds. The minimum absolute atomic E-state index is 0.0979. The Hall–Kier alpha value is -0.790. The van der Waals surface area contributed by atoms with Gasteiger partial charge in [0.25, 0.3) is 0 Å². The number of rotatable bonds is 1. The molecule has 2 atom stereocenters. The fourth-order valence-electron chi connectivity index (χ4n) is 4.32. The lowest BCUT2D eigenvalue weighted by atomic mass is 9.70. The maximum atomic E-state index is 12.7. The SMILES string of the molecule is CC1(C)[C@H]2CC[C@]1(C)C(=O)/C2=C\N1CCCCC1. The van der Waals surface area contributed by atoms with Crippen LogP contribution in [0, 0.1) is 16.7 Å². The van der Waals surface area contributed by atoms with E-state index in [0.29, 0.717) is 11.7 Å². The van der Waals surface area contributed by atoms with Gasteiger partial charge in [-0.25, -0.2) is 0 Å². The number of piperidine rings is 1. The zero-order chi connectivity index (χ0) is 13.0. The summed E-state index contributed by atoms with van der Waals surface area (Å²) >= 11 is 0. The van der Waals surface area contributed by atoms with Crippen molar-refractivity contribution in [3.63, 3.8) is 0 Å². The lowest BCUT2D eigenvalue weighted by Gasteiger charge is -2.31. The average Bonchev–Trinajstić information content (AvgIpc) is 2.65. The van der Waals surface area contributed by atoms with E-state index in [1.54, 1.807) is 0 Å². The summed E-state index contributed by atoms with van der Waals surface area (Å²) in [5, 5.41) is 0. The van der Waals surface area contributed by atoms with Gasteiger partial charge in [-0.15, -0.1) is 0 Å². The zero-order valence-corrected chi connectivity index (χ0v) is 12.0. The van der Waals surface area contributed by atoms with Gasteiger partial charge in [0.15, 0.2) is 5.78 Å². The number of hydrogen-bond acceptors (Lipinski definition) is 2. The van der Waals surface area contributed by atoms with E-state index >= 15 is 0 Å². The van der Waals surface area contributed by atoms with Crippen LogP contribution in [0.25, 0.3) is 0 Å². The molecule has 3 aliphatic rings. The van der Waals surface area contributed by atoms with E-state index in [9.17, 15) is 4.79 Å². The molecule has 2 heteroatoms. The minimum Gasteiger partial charge on any atom is -0.377 e. The largest absolute Gasteiger partial charge is 0.377 e. The van der Waals surface area contributed by atoms with Crippen LogP contribution in [0.2, 0.25) is 0 Å². The molecule has 2 nitrogen and oxygen atoms in total. The Labute approximate surface area is 110 Å². The summed E-state index contributed by atoms with van der Waals surface area (Å²) in [7, 11) is 0. The van der Waals surface area contributed by atoms with Crippen molar-refractivity contribution < 1.29 is 4.79 Å². The number of allylic oxidation sites excluding steroid dienone is 1. The number of nitrogens with zero attached hydrogens (tertiary/aromatic N) is 1. The first-order valence-corrected chi connectivity index (χ1v) is 7.47. The molecule has 0 aromatic carbocycles. The second kappa shape index (κ2) is 3.85. The molecule has 2 bridgehead atoms. The fourth-order valence-corrected chi connectivity index (χ4v) is 4.32. The van der Waals surface area contributed by atoms with Crippen molar-refractivity contribution in [2.24, 2.45) is 16.7 Å². The quantitative estimate of drug-likeness (QED) is 0.662. The number of ketones is 1. The number of carbonyl (C=O) groups is 1. The first-order chi connectivity index (χ1) is 8.47. The molecular weight excluding hydrogens is 222 g/mol. The third-order valence-electron chi connectivity index (χ3n) is 6.08. The number of hydrogen-bond donors (Lipinski definition) is 0. The monoisotopic (exact) mass is 247 g/mol. The smallest absolute Gasteiger partial charge is 0.167 e. The van der Waals surface area contributed by atoms with Gasteiger partial charge in [0.1, 0.15) is 0 Å². The number of carbonyl (C=O) groups excluding carboxylic acids is 1. The van der Waals surface area contributed by atoms with Crippen molar-refractivity contribution in [2.75, 3.05) is 13.1 Å². The van der Waals surface area contributed by atoms with Crippen LogP contribution in [0.4, 0.5) is 0 Å². The Morgan fingerprint density at radius 3 is 2.39 bits per heavy atom. The summed E-state index contributed by atoms with van der Waals surface area (Å²) in [6.07, 6.45) is 8.42. The molecule has 1 aliphatic heterocycles. The number of Topliss-reactive ketones (excluding diaryl/α,β-unsaturated/α-hetero) is 1. The van der Waals surface area contributed by atoms with Gasteiger partial charge in [-0.2, -0.15) is 0 Å². The van der Waals surface area contributed by atoms with Gasteiger partial charge in [0.2, 0.25) is 0 Å². The first-order valence-electron chi connectivity index (χ1n) is 7.47. The molecule has 2 aliphatic carbocycles. The third-order valence-corrected chi connectivity index (χ3v) is 6.08. The molecular formula is C16H25NO. The Balaban J connectivity index is 1.90. The van der Waals surface area contributed by atoms with Crippen LogP contribution in [0.5, 0.6) is 0 Å². The van der Waals surface area contributed by atoms with E-state index in [4.69, 9.17) is 0 Å². The molecule has 0 N–H and O–H groups in total. The molecule has 3 rings (SSSR count). The lowest BCUT2D eigenvalue weighted by Crippen LogP contribution is -2.32. The Kier molecular flexibility index (Phi) is 2.62. The molecule has 18 heavy (non-hydrogen) atoms. The highest BCUT2D eigenvalue weighted by atomic mass is 16.1. The highest BCUT2D eigenvalue weighted by Crippen LogP contribution is 2.65. The normalized spacial score (nSPS) is 40.8. The Bertz CT molecular complexity index is 403. The second-order valence-electron chi connectivity index (χ2n) is 7.16. The van der Waals surface area contributed by atoms with Crippen LogP contribution in [0.1, 0.15) is 52.9 Å². The standard InChI is InChI=1S/C16H25NO/c1-15(2)13-7-8-16(15,3)14(18)12(13)11-17-9-5-4-6-10-17/h11,13H,4-10H2,1-3H3/b12-11-/t13-,16+/m0/s1. The highest BCUT2D eigenvalue weighted by molar-refractivity contribution is 6.04. The summed E-state index contributed by atoms with van der Waals surface area (Å²) < 4.78 is 0. The summed E-state index contributed by atoms with van der Waals surface area (Å²) in [4.78, 5) is 15.1. The molecule has 0 aromatic heterocycles. The van der Waals surface area contributed by atoms with E-state index in [0.717, 1.165) is 25.1 Å². The summed E-state index contributed by atoms with van der Waals surface area (Å²) in [6.45, 7) is 9.05. The summed E-state index contributed by atoms with van der Waals surface area (Å²) in [5.41, 5.74) is 1.20. The lowest BCUT2D eigenvalue weighted by molar-refractivity contribution is -0.125. The van der Waals surface area contributed by atoms with Gasteiger partial charge >= 0.3 is 0 Å². The molecule has 100 valence electrons. The van der Waals surface area contributed by atoms with Gasteiger partial charge in [0, 0.05) is 30.3 Å². The number of likely N-dealkylation sites (tertiary alicyclic amines) is 1. The number of fused-ring (bicyclic) bond motifs is 2. The summed E-state index contributed by atoms with van der Waals surface area (Å²) in [6, 6.07) is 0. The average molecular weight is 247 g/mol. The van der Waals surface area contributed by atoms with Crippen molar-refractivity contribution in [2.45, 2.75) is 52.9 Å². The van der Waals surface area contributed by atoms with Gasteiger partial charge in [-0.05, 0) is 43.4 Å². The minimum atomic E-state index is -0.0979. The molecule has 3 fully saturated rings. The van der Waals surface area contributed by atoms with E-state index in [1.807, 2.05) is 0 Å². The maximum Gasteiger partial charge on any atom is 0.167 e. The predicted molar refractivity (Wildman–Crippen MR) is 73.1 cm³/mol. The third kappa shape index (κ3) is 1.44. The van der Waals surface area contributed by atoms with Crippen molar-refractivity contribution in [1.82, 2.24) is 4.90 Å². The van der Waals surface area contributed by atoms with Crippen LogP contribution in [-0.4, -0.2) is 23.8 Å². The van der Waals surface area contributed by atoms with Crippen LogP contribution < -0.4 is 0 Å².